The van der Waals surface area contributed by atoms with Crippen LogP contribution in [0, 0.1) is 5.92 Å². The van der Waals surface area contributed by atoms with Gasteiger partial charge in [0, 0.05) is 38.9 Å². The van der Waals surface area contributed by atoms with E-state index in [4.69, 9.17) is 4.74 Å². The lowest BCUT2D eigenvalue weighted by Crippen LogP contribution is -2.38. The third kappa shape index (κ3) is 5.85. The van der Waals surface area contributed by atoms with Gasteiger partial charge in [0.25, 0.3) is 0 Å². The molecule has 0 aromatic heterocycles. The Hall–Kier alpha value is -2.08. The Morgan fingerprint density at radius 3 is 2.79 bits per heavy atom. The zero-order chi connectivity index (χ0) is 17.2. The van der Waals surface area contributed by atoms with Crippen LogP contribution >= 0.6 is 0 Å². The SMILES string of the molecule is CN=C(NCCOC)NCc1cccc(NC(=O)C2CCCC2)c1. The van der Waals surface area contributed by atoms with Crippen molar-refractivity contribution >= 4 is 17.6 Å². The fourth-order valence-corrected chi connectivity index (χ4v) is 2.87. The quantitative estimate of drug-likeness (QED) is 0.406. The minimum Gasteiger partial charge on any atom is -0.383 e. The van der Waals surface area contributed by atoms with Crippen LogP contribution in [0.15, 0.2) is 29.3 Å². The minimum absolute atomic E-state index is 0.148. The molecule has 1 aliphatic carbocycles. The molecule has 0 spiro atoms. The van der Waals surface area contributed by atoms with Crippen molar-refractivity contribution in [3.8, 4) is 0 Å². The van der Waals surface area contributed by atoms with Crippen molar-refractivity contribution in [2.24, 2.45) is 10.9 Å². The highest BCUT2D eigenvalue weighted by Gasteiger charge is 2.22. The minimum atomic E-state index is 0.148. The molecule has 24 heavy (non-hydrogen) atoms. The normalized spacial score (nSPS) is 15.3. The summed E-state index contributed by atoms with van der Waals surface area (Å²) in [7, 11) is 3.41. The van der Waals surface area contributed by atoms with E-state index in [9.17, 15) is 4.79 Å². The van der Waals surface area contributed by atoms with Gasteiger partial charge in [0.05, 0.1) is 6.61 Å². The maximum absolute atomic E-state index is 12.2. The van der Waals surface area contributed by atoms with E-state index in [-0.39, 0.29) is 11.8 Å². The van der Waals surface area contributed by atoms with Crippen molar-refractivity contribution in [2.75, 3.05) is 32.6 Å². The number of amides is 1. The lowest BCUT2D eigenvalue weighted by Gasteiger charge is -2.13. The number of aliphatic imine (C=N–C) groups is 1. The van der Waals surface area contributed by atoms with Crippen LogP contribution in [0.1, 0.15) is 31.2 Å². The first kappa shape index (κ1) is 18.3. The molecule has 132 valence electrons. The summed E-state index contributed by atoms with van der Waals surface area (Å²) in [5.74, 6) is 1.05. The third-order valence-corrected chi connectivity index (χ3v) is 4.20. The zero-order valence-corrected chi connectivity index (χ0v) is 14.6. The molecule has 0 bridgehead atoms. The molecule has 1 amide bonds. The summed E-state index contributed by atoms with van der Waals surface area (Å²) >= 11 is 0. The van der Waals surface area contributed by atoms with Gasteiger partial charge in [0.15, 0.2) is 5.96 Å². The molecule has 6 nitrogen and oxygen atoms in total. The van der Waals surface area contributed by atoms with Gasteiger partial charge in [-0.05, 0) is 30.5 Å². The van der Waals surface area contributed by atoms with Crippen LogP contribution in [-0.4, -0.2) is 39.2 Å². The van der Waals surface area contributed by atoms with Gasteiger partial charge in [-0.2, -0.15) is 0 Å². The van der Waals surface area contributed by atoms with E-state index >= 15 is 0 Å². The Labute approximate surface area is 144 Å². The zero-order valence-electron chi connectivity index (χ0n) is 14.6. The van der Waals surface area contributed by atoms with Crippen molar-refractivity contribution in [3.05, 3.63) is 29.8 Å². The van der Waals surface area contributed by atoms with Crippen LogP contribution in [0.3, 0.4) is 0 Å². The van der Waals surface area contributed by atoms with E-state index in [2.05, 4.69) is 20.9 Å². The first-order valence-electron chi connectivity index (χ1n) is 8.56. The topological polar surface area (TPSA) is 74.8 Å². The maximum Gasteiger partial charge on any atom is 0.227 e. The molecule has 0 unspecified atom stereocenters. The van der Waals surface area contributed by atoms with Crippen LogP contribution < -0.4 is 16.0 Å². The van der Waals surface area contributed by atoms with E-state index in [1.165, 1.54) is 0 Å². The van der Waals surface area contributed by atoms with E-state index in [0.29, 0.717) is 19.7 Å². The molecule has 2 rings (SSSR count). The Morgan fingerprint density at radius 2 is 2.08 bits per heavy atom. The molecule has 0 atom stereocenters. The number of carbonyl (C=O) groups is 1. The standard InChI is InChI=1S/C18H28N4O2/c1-19-18(20-10-11-24-2)21-13-14-6-5-9-16(12-14)22-17(23)15-7-3-4-8-15/h5-6,9,12,15H,3-4,7-8,10-11,13H2,1-2H3,(H,22,23)(H2,19,20,21). The van der Waals surface area contributed by atoms with Gasteiger partial charge in [0.1, 0.15) is 0 Å². The number of nitrogens with zero attached hydrogens (tertiary/aromatic N) is 1. The Morgan fingerprint density at radius 1 is 1.29 bits per heavy atom. The summed E-state index contributed by atoms with van der Waals surface area (Å²) in [5, 5.41) is 9.46. The van der Waals surface area contributed by atoms with E-state index in [1.807, 2.05) is 24.3 Å². The largest absolute Gasteiger partial charge is 0.383 e. The first-order chi connectivity index (χ1) is 11.7. The fourth-order valence-electron chi connectivity index (χ4n) is 2.87. The maximum atomic E-state index is 12.2. The number of hydrogen-bond donors (Lipinski definition) is 3. The fraction of sp³-hybridized carbons (Fsp3) is 0.556. The van der Waals surface area contributed by atoms with Gasteiger partial charge in [-0.3, -0.25) is 9.79 Å². The number of nitrogens with one attached hydrogen (secondary N) is 3. The van der Waals surface area contributed by atoms with E-state index < -0.39 is 0 Å². The van der Waals surface area contributed by atoms with Gasteiger partial charge in [-0.15, -0.1) is 0 Å². The molecule has 1 aromatic rings. The van der Waals surface area contributed by atoms with Crippen molar-refractivity contribution in [1.29, 1.82) is 0 Å². The number of benzene rings is 1. The van der Waals surface area contributed by atoms with Gasteiger partial charge < -0.3 is 20.7 Å². The highest BCUT2D eigenvalue weighted by molar-refractivity contribution is 5.92. The van der Waals surface area contributed by atoms with Crippen molar-refractivity contribution in [3.63, 3.8) is 0 Å². The highest BCUT2D eigenvalue weighted by atomic mass is 16.5. The Kier molecular flexibility index (Phi) is 7.55. The molecule has 0 radical (unpaired) electrons. The Balaban J connectivity index is 1.84. The first-order valence-corrected chi connectivity index (χ1v) is 8.56. The molecular formula is C18H28N4O2. The van der Waals surface area contributed by atoms with Crippen LogP contribution in [0.5, 0.6) is 0 Å². The monoisotopic (exact) mass is 332 g/mol. The van der Waals surface area contributed by atoms with Gasteiger partial charge in [0.2, 0.25) is 5.91 Å². The molecule has 6 heteroatoms. The molecule has 0 heterocycles. The molecule has 1 aromatic carbocycles. The van der Waals surface area contributed by atoms with Crippen LogP contribution in [0.4, 0.5) is 5.69 Å². The number of hydrogen-bond acceptors (Lipinski definition) is 3. The number of anilines is 1. The highest BCUT2D eigenvalue weighted by Crippen LogP contribution is 2.26. The average molecular weight is 332 g/mol. The molecule has 1 fully saturated rings. The summed E-state index contributed by atoms with van der Waals surface area (Å²) in [5.41, 5.74) is 1.95. The second kappa shape index (κ2) is 9.93. The second-order valence-electron chi connectivity index (χ2n) is 6.02. The molecule has 1 saturated carbocycles. The molecular weight excluding hydrogens is 304 g/mol. The third-order valence-electron chi connectivity index (χ3n) is 4.20. The summed E-state index contributed by atoms with van der Waals surface area (Å²) in [4.78, 5) is 16.4. The molecule has 0 saturated heterocycles. The molecule has 1 aliphatic rings. The smallest absolute Gasteiger partial charge is 0.227 e. The summed E-state index contributed by atoms with van der Waals surface area (Å²) in [6.45, 7) is 1.97. The number of rotatable bonds is 7. The van der Waals surface area contributed by atoms with E-state index in [0.717, 1.165) is 42.9 Å². The summed E-state index contributed by atoms with van der Waals surface area (Å²) in [6, 6.07) is 7.92. The number of methoxy groups -OCH3 is 1. The number of carbonyl (C=O) groups excluding carboxylic acids is 1. The van der Waals surface area contributed by atoms with Crippen LogP contribution in [0.25, 0.3) is 0 Å². The summed E-state index contributed by atoms with van der Waals surface area (Å²) in [6.07, 6.45) is 4.35. The van der Waals surface area contributed by atoms with Crippen LogP contribution in [-0.2, 0) is 16.1 Å². The van der Waals surface area contributed by atoms with Gasteiger partial charge in [-0.25, -0.2) is 0 Å². The Bertz CT molecular complexity index is 554. The predicted octanol–water partition coefficient (Wildman–Crippen LogP) is 2.13. The predicted molar refractivity (Wildman–Crippen MR) is 97.1 cm³/mol. The van der Waals surface area contributed by atoms with Crippen LogP contribution in [0.2, 0.25) is 0 Å². The average Bonchev–Trinajstić information content (AvgIpc) is 3.13. The lowest BCUT2D eigenvalue weighted by molar-refractivity contribution is -0.119. The lowest BCUT2D eigenvalue weighted by atomic mass is 10.1. The van der Waals surface area contributed by atoms with Gasteiger partial charge >= 0.3 is 0 Å². The van der Waals surface area contributed by atoms with Crippen molar-refractivity contribution < 1.29 is 9.53 Å². The number of guanidine groups is 1. The molecule has 3 N–H and O–H groups in total. The number of ether oxygens (including phenoxy) is 1. The van der Waals surface area contributed by atoms with E-state index in [1.54, 1.807) is 14.2 Å². The molecule has 0 aliphatic heterocycles. The van der Waals surface area contributed by atoms with Crippen molar-refractivity contribution in [1.82, 2.24) is 10.6 Å². The summed E-state index contributed by atoms with van der Waals surface area (Å²) < 4.78 is 5.01. The van der Waals surface area contributed by atoms with Crippen molar-refractivity contribution in [2.45, 2.75) is 32.2 Å². The second-order valence-corrected chi connectivity index (χ2v) is 6.02. The van der Waals surface area contributed by atoms with Gasteiger partial charge in [-0.1, -0.05) is 25.0 Å².